The van der Waals surface area contributed by atoms with Crippen LogP contribution in [0.1, 0.15) is 5.56 Å². The van der Waals surface area contributed by atoms with Crippen molar-refractivity contribution in [1.29, 1.82) is 0 Å². The van der Waals surface area contributed by atoms with E-state index in [2.05, 4.69) is 0 Å². The maximum absolute atomic E-state index is 12.8. The molecule has 0 aliphatic heterocycles. The number of hydrogen-bond donors (Lipinski definition) is 1. The van der Waals surface area contributed by atoms with Gasteiger partial charge in [-0.3, -0.25) is 4.55 Å². The maximum atomic E-state index is 12.8. The van der Waals surface area contributed by atoms with Gasteiger partial charge in [0, 0.05) is 6.42 Å². The Morgan fingerprint density at radius 3 is 1.63 bits per heavy atom. The fourth-order valence-electron chi connectivity index (χ4n) is 2.42. The summed E-state index contributed by atoms with van der Waals surface area (Å²) in [6, 6.07) is 13.9. The van der Waals surface area contributed by atoms with Crippen molar-refractivity contribution < 1.29 is 39.3 Å². The second-order valence-corrected chi connectivity index (χ2v) is 6.95. The summed E-state index contributed by atoms with van der Waals surface area (Å²) in [7, 11) is -5.75. The molecule has 0 saturated carbocycles. The Morgan fingerprint density at radius 2 is 1.22 bits per heavy atom. The number of allylic oxidation sites excluding steroid dienone is 2. The summed E-state index contributed by atoms with van der Waals surface area (Å²) < 4.78 is 108. The van der Waals surface area contributed by atoms with E-state index in [0.29, 0.717) is 5.56 Å². The first kappa shape index (κ1) is 21.0. The molecule has 10 heteroatoms. The van der Waals surface area contributed by atoms with Crippen LogP contribution in [0.4, 0.5) is 26.3 Å². The van der Waals surface area contributed by atoms with Crippen LogP contribution in [-0.4, -0.2) is 25.3 Å². The molecule has 2 aromatic carbocycles. The molecule has 1 N–H and O–H groups in total. The molecule has 0 atom stereocenters. The Kier molecular flexibility index (Phi) is 5.71. The van der Waals surface area contributed by atoms with Crippen LogP contribution in [0.15, 0.2) is 65.1 Å². The molecule has 0 fully saturated rings. The Bertz CT molecular complexity index is 911. The summed E-state index contributed by atoms with van der Waals surface area (Å²) in [6.45, 7) is 0. The zero-order valence-electron chi connectivity index (χ0n) is 13.3. The lowest BCUT2D eigenvalue weighted by Crippen LogP contribution is -2.30. The van der Waals surface area contributed by atoms with E-state index >= 15 is 0 Å². The SMILES string of the molecule is O=S(=O)(O)C(Cc1ccc(-c2ccccc2)cc1)=C(C(F)(F)F)C(F)(F)F. The van der Waals surface area contributed by atoms with Crippen molar-refractivity contribution in [3.63, 3.8) is 0 Å². The van der Waals surface area contributed by atoms with E-state index in [9.17, 15) is 34.8 Å². The first-order chi connectivity index (χ1) is 12.3. The van der Waals surface area contributed by atoms with Crippen molar-refractivity contribution in [2.24, 2.45) is 0 Å². The molecule has 0 aromatic heterocycles. The molecule has 0 aliphatic carbocycles. The molecule has 0 unspecified atom stereocenters. The number of hydrogen-bond acceptors (Lipinski definition) is 2. The molecule has 3 nitrogen and oxygen atoms in total. The van der Waals surface area contributed by atoms with Crippen molar-refractivity contribution in [2.75, 3.05) is 0 Å². The third kappa shape index (κ3) is 5.33. The van der Waals surface area contributed by atoms with E-state index in [1.54, 1.807) is 30.3 Å². The first-order valence-corrected chi connectivity index (χ1v) is 8.73. The Morgan fingerprint density at radius 1 is 0.778 bits per heavy atom. The monoisotopic (exact) mass is 410 g/mol. The molecular weight excluding hydrogens is 398 g/mol. The molecule has 0 saturated heterocycles. The molecule has 0 aliphatic rings. The largest absolute Gasteiger partial charge is 0.422 e. The van der Waals surface area contributed by atoms with Crippen LogP contribution in [0.3, 0.4) is 0 Å². The highest BCUT2D eigenvalue weighted by atomic mass is 32.2. The molecule has 0 spiro atoms. The van der Waals surface area contributed by atoms with E-state index in [0.717, 1.165) is 5.56 Å². The molecular formula is C17H12F6O3S. The number of benzene rings is 2. The molecule has 2 rings (SSSR count). The standard InChI is InChI=1S/C17H12F6O3S/c18-16(19,20)15(17(21,22)23)14(27(24,25)26)10-11-6-8-13(9-7-11)12-4-2-1-3-5-12/h1-9H,10H2,(H,24,25,26). The van der Waals surface area contributed by atoms with Crippen LogP contribution < -0.4 is 0 Å². The summed E-state index contributed by atoms with van der Waals surface area (Å²) in [5, 5.41) is 0. The zero-order chi connectivity index (χ0) is 20.5. The highest BCUT2D eigenvalue weighted by Crippen LogP contribution is 2.42. The average Bonchev–Trinajstić information content (AvgIpc) is 2.52. The van der Waals surface area contributed by atoms with Gasteiger partial charge in [-0.25, -0.2) is 0 Å². The predicted molar refractivity (Wildman–Crippen MR) is 86.3 cm³/mol. The summed E-state index contributed by atoms with van der Waals surface area (Å²) >= 11 is 0. The minimum absolute atomic E-state index is 0.145. The highest BCUT2D eigenvalue weighted by Gasteiger charge is 2.54. The van der Waals surface area contributed by atoms with Crippen molar-refractivity contribution >= 4 is 10.1 Å². The molecule has 27 heavy (non-hydrogen) atoms. The van der Waals surface area contributed by atoms with Crippen molar-refractivity contribution in [3.8, 4) is 11.1 Å². The predicted octanol–water partition coefficient (Wildman–Crippen LogP) is 5.16. The van der Waals surface area contributed by atoms with Crippen molar-refractivity contribution in [1.82, 2.24) is 0 Å². The van der Waals surface area contributed by atoms with Gasteiger partial charge >= 0.3 is 12.4 Å². The number of rotatable bonds is 4. The normalized spacial score (nSPS) is 12.7. The van der Waals surface area contributed by atoms with E-state index in [1.807, 2.05) is 0 Å². The van der Waals surface area contributed by atoms with E-state index in [-0.39, 0.29) is 5.56 Å². The van der Waals surface area contributed by atoms with E-state index < -0.39 is 39.4 Å². The van der Waals surface area contributed by atoms with Gasteiger partial charge in [-0.15, -0.1) is 0 Å². The smallest absolute Gasteiger partial charge is 0.282 e. The van der Waals surface area contributed by atoms with Gasteiger partial charge < -0.3 is 0 Å². The van der Waals surface area contributed by atoms with Crippen molar-refractivity contribution in [3.05, 3.63) is 70.6 Å². The Hall–Kier alpha value is -2.33. The molecule has 146 valence electrons. The fourth-order valence-corrected chi connectivity index (χ4v) is 3.25. The van der Waals surface area contributed by atoms with Gasteiger partial charge in [-0.1, -0.05) is 54.6 Å². The summed E-state index contributed by atoms with van der Waals surface area (Å²) in [5.74, 6) is 0. The molecule has 0 amide bonds. The second kappa shape index (κ2) is 7.35. The first-order valence-electron chi connectivity index (χ1n) is 7.29. The Labute approximate surface area is 150 Å². The summed E-state index contributed by atoms with van der Waals surface area (Å²) in [4.78, 5) is -2.14. The molecule has 0 heterocycles. The zero-order valence-corrected chi connectivity index (χ0v) is 14.2. The summed E-state index contributed by atoms with van der Waals surface area (Å²) in [6.07, 6.45) is -13.3. The van der Waals surface area contributed by atoms with Crippen molar-refractivity contribution in [2.45, 2.75) is 18.8 Å². The molecule has 0 bridgehead atoms. The second-order valence-electron chi connectivity index (χ2n) is 5.51. The van der Waals surface area contributed by atoms with Crippen LogP contribution in [0.2, 0.25) is 0 Å². The van der Waals surface area contributed by atoms with Gasteiger partial charge in [0.25, 0.3) is 10.1 Å². The highest BCUT2D eigenvalue weighted by molar-refractivity contribution is 7.89. The van der Waals surface area contributed by atoms with Gasteiger partial charge in [0.15, 0.2) is 5.57 Å². The van der Waals surface area contributed by atoms with Crippen LogP contribution in [0, 0.1) is 0 Å². The van der Waals surface area contributed by atoms with E-state index in [4.69, 9.17) is 4.55 Å². The lowest BCUT2D eigenvalue weighted by molar-refractivity contribution is -0.172. The molecule has 0 radical (unpaired) electrons. The van der Waals surface area contributed by atoms with E-state index in [1.165, 1.54) is 24.3 Å². The number of alkyl halides is 6. The minimum Gasteiger partial charge on any atom is -0.282 e. The van der Waals surface area contributed by atoms with Gasteiger partial charge in [0.2, 0.25) is 0 Å². The quantitative estimate of drug-likeness (QED) is 0.560. The van der Waals surface area contributed by atoms with Crippen LogP contribution >= 0.6 is 0 Å². The number of halogens is 6. The van der Waals surface area contributed by atoms with Gasteiger partial charge in [0.05, 0.1) is 4.91 Å². The Balaban J connectivity index is 2.51. The summed E-state index contributed by atoms with van der Waals surface area (Å²) in [5.41, 5.74) is -2.01. The van der Waals surface area contributed by atoms with Gasteiger partial charge in [-0.2, -0.15) is 34.8 Å². The van der Waals surface area contributed by atoms with Crippen LogP contribution in [-0.2, 0) is 16.5 Å². The van der Waals surface area contributed by atoms with Crippen LogP contribution in [0.5, 0.6) is 0 Å². The maximum Gasteiger partial charge on any atom is 0.422 e. The third-order valence-corrected chi connectivity index (χ3v) is 4.55. The minimum atomic E-state index is -6.01. The topological polar surface area (TPSA) is 54.4 Å². The average molecular weight is 410 g/mol. The lowest BCUT2D eigenvalue weighted by Gasteiger charge is -2.19. The third-order valence-electron chi connectivity index (χ3n) is 3.58. The van der Waals surface area contributed by atoms with Crippen LogP contribution in [0.25, 0.3) is 11.1 Å². The van der Waals surface area contributed by atoms with Gasteiger partial charge in [-0.05, 0) is 16.7 Å². The van der Waals surface area contributed by atoms with Gasteiger partial charge in [0.1, 0.15) is 0 Å². The fraction of sp³-hybridized carbons (Fsp3) is 0.176. The molecule has 2 aromatic rings. The lowest BCUT2D eigenvalue weighted by atomic mass is 10.0.